The van der Waals surface area contributed by atoms with Crippen molar-refractivity contribution in [2.24, 2.45) is 0 Å². The van der Waals surface area contributed by atoms with Crippen LogP contribution >= 0.6 is 0 Å². The van der Waals surface area contributed by atoms with Gasteiger partial charge in [-0.25, -0.2) is 4.39 Å². The van der Waals surface area contributed by atoms with E-state index in [1.54, 1.807) is 5.32 Å². The number of carbonyl (C=O) groups is 3. The molecule has 8 nitrogen and oxygen atoms in total. The lowest BCUT2D eigenvalue weighted by molar-refractivity contribution is -0.136. The van der Waals surface area contributed by atoms with E-state index in [0.29, 0.717) is 12.1 Å². The summed E-state index contributed by atoms with van der Waals surface area (Å²) < 4.78 is 173. The molecule has 178 valence electrons. The number of nitrogens with one attached hydrogen (secondary N) is 1. The Morgan fingerprint density at radius 2 is 2.03 bits per heavy atom. The Balaban J connectivity index is 1.53. The standard InChI is InChI=1S/C25H26FN3O5/c26-20-12-16(13-28-8-10-33-11-9-28)4-5-17(20)15-34-22-3-1-2-18-19(22)14-29(25(18)32)21-6-7-23(30)27-24(21)31/h1-5,12,21H,6-11,13-15H2,(H,27,30,31)/t21-/m0/s1/i6D2,7D2,8D2,9D2,10D2,11D2,13D2,14D2,15D2. The second-order valence-electron chi connectivity index (χ2n) is 6.83. The molecule has 9 heteroatoms. The van der Waals surface area contributed by atoms with Crippen molar-refractivity contribution in [3.63, 3.8) is 0 Å². The van der Waals surface area contributed by atoms with Gasteiger partial charge in [0, 0.05) is 56.3 Å². The summed E-state index contributed by atoms with van der Waals surface area (Å²) in [7, 11) is 0. The average Bonchev–Trinajstić information content (AvgIpc) is 3.15. The van der Waals surface area contributed by atoms with E-state index >= 15 is 4.39 Å². The lowest BCUT2D eigenvalue weighted by atomic mass is 10.0. The van der Waals surface area contributed by atoms with Gasteiger partial charge in [0.25, 0.3) is 5.91 Å². The van der Waals surface area contributed by atoms with E-state index in [2.05, 4.69) is 4.74 Å². The summed E-state index contributed by atoms with van der Waals surface area (Å²) in [5.41, 5.74) is -3.36. The molecular formula is C25H26FN3O5. The van der Waals surface area contributed by atoms with Crippen LogP contribution in [0.25, 0.3) is 0 Å². The fourth-order valence-corrected chi connectivity index (χ4v) is 3.14. The van der Waals surface area contributed by atoms with Crippen molar-refractivity contribution >= 4 is 17.7 Å². The van der Waals surface area contributed by atoms with E-state index < -0.39 is 121 Å². The van der Waals surface area contributed by atoms with Crippen LogP contribution in [0.2, 0.25) is 0 Å². The number of nitrogens with zero attached hydrogens (tertiary/aromatic N) is 2. The number of morpholine rings is 1. The molecule has 2 fully saturated rings. The van der Waals surface area contributed by atoms with E-state index in [1.165, 1.54) is 0 Å². The van der Waals surface area contributed by atoms with Gasteiger partial charge in [0.1, 0.15) is 24.2 Å². The number of ether oxygens (including phenoxy) is 2. The molecule has 0 aromatic heterocycles. The summed E-state index contributed by atoms with van der Waals surface area (Å²) >= 11 is 0. The van der Waals surface area contributed by atoms with Gasteiger partial charge in [-0.15, -0.1) is 0 Å². The van der Waals surface area contributed by atoms with Gasteiger partial charge in [0.2, 0.25) is 11.8 Å². The minimum absolute atomic E-state index is 0.0326. The maximum absolute atomic E-state index is 15.7. The largest absolute Gasteiger partial charge is 0.488 e. The van der Waals surface area contributed by atoms with Crippen LogP contribution in [-0.2, 0) is 33.9 Å². The van der Waals surface area contributed by atoms with Gasteiger partial charge in [-0.05, 0) is 30.1 Å². The highest BCUT2D eigenvalue weighted by Gasteiger charge is 2.40. The molecule has 34 heavy (non-hydrogen) atoms. The van der Waals surface area contributed by atoms with Gasteiger partial charge in [-0.2, -0.15) is 0 Å². The Morgan fingerprint density at radius 1 is 1.21 bits per heavy atom. The Hall–Kier alpha value is -3.30. The molecule has 0 radical (unpaired) electrons. The number of rotatable bonds is 6. The van der Waals surface area contributed by atoms with Gasteiger partial charge < -0.3 is 14.4 Å². The molecule has 0 saturated carbocycles. The van der Waals surface area contributed by atoms with Crippen molar-refractivity contribution in [2.45, 2.75) is 38.3 Å². The molecule has 2 saturated heterocycles. The molecule has 0 unspecified atom stereocenters. The summed E-state index contributed by atoms with van der Waals surface area (Å²) in [6, 6.07) is 1.92. The van der Waals surface area contributed by atoms with Crippen molar-refractivity contribution in [2.75, 3.05) is 26.1 Å². The topological polar surface area (TPSA) is 88.2 Å². The number of carbonyl (C=O) groups excluding carboxylic acids is 3. The van der Waals surface area contributed by atoms with Gasteiger partial charge in [-0.1, -0.05) is 18.2 Å². The number of imide groups is 1. The normalized spacial score (nSPS) is 40.0. The van der Waals surface area contributed by atoms with E-state index in [-0.39, 0.29) is 11.0 Å². The average molecular weight is 486 g/mol. The quantitative estimate of drug-likeness (QED) is 0.630. The van der Waals surface area contributed by atoms with Gasteiger partial charge in [-0.3, -0.25) is 24.6 Å². The molecule has 5 rings (SSSR count). The van der Waals surface area contributed by atoms with Crippen LogP contribution < -0.4 is 10.1 Å². The number of amides is 3. The van der Waals surface area contributed by atoms with Crippen molar-refractivity contribution in [1.82, 2.24) is 15.1 Å². The molecule has 2 aromatic rings. The number of halogens is 1. The summed E-state index contributed by atoms with van der Waals surface area (Å²) in [4.78, 5) is 37.9. The summed E-state index contributed by atoms with van der Waals surface area (Å²) in [5.74, 6) is -7.03. The molecule has 0 bridgehead atoms. The molecule has 3 aliphatic rings. The van der Waals surface area contributed by atoms with Crippen molar-refractivity contribution in [3.8, 4) is 5.75 Å². The lowest BCUT2D eigenvalue weighted by Crippen LogP contribution is -2.52. The third kappa shape index (κ3) is 4.53. The van der Waals surface area contributed by atoms with Crippen LogP contribution in [0.3, 0.4) is 0 Å². The van der Waals surface area contributed by atoms with Gasteiger partial charge in [0.15, 0.2) is 0 Å². The monoisotopic (exact) mass is 485 g/mol. The zero-order valence-electron chi connectivity index (χ0n) is 34.9. The fraction of sp³-hybridized carbons (Fsp3) is 0.400. The fourth-order valence-electron chi connectivity index (χ4n) is 3.14. The predicted octanol–water partition coefficient (Wildman–Crippen LogP) is 2.00. The molecule has 1 atom stereocenters. The zero-order chi connectivity index (χ0) is 39.8. The number of hydrogen-bond acceptors (Lipinski definition) is 6. The van der Waals surface area contributed by atoms with Crippen LogP contribution in [0, 0.1) is 5.82 Å². The minimum Gasteiger partial charge on any atom is -0.488 e. The summed E-state index contributed by atoms with van der Waals surface area (Å²) in [6.07, 6.45) is -6.92. The maximum Gasteiger partial charge on any atom is 0.255 e. The highest BCUT2D eigenvalue weighted by molar-refractivity contribution is 6.05. The Bertz CT molecular complexity index is 1860. The van der Waals surface area contributed by atoms with E-state index in [1.807, 2.05) is 0 Å². The van der Waals surface area contributed by atoms with E-state index in [0.717, 1.165) is 18.2 Å². The number of fused-ring (bicyclic) bond motifs is 1. The number of hydrogen-bond donors (Lipinski definition) is 1. The first-order valence-electron chi connectivity index (χ1n) is 18.6. The van der Waals surface area contributed by atoms with E-state index in [9.17, 15) is 14.4 Å². The third-order valence-electron chi connectivity index (χ3n) is 4.67. The Kier molecular flexibility index (Phi) is 2.73. The second-order valence-corrected chi connectivity index (χ2v) is 6.83. The molecular weight excluding hydrogens is 441 g/mol. The van der Waals surface area contributed by atoms with Crippen LogP contribution in [0.4, 0.5) is 4.39 Å². The second kappa shape index (κ2) is 9.52. The van der Waals surface area contributed by atoms with Crippen molar-refractivity contribution in [1.29, 1.82) is 0 Å². The summed E-state index contributed by atoms with van der Waals surface area (Å²) in [6.45, 7) is -24.9. The first kappa shape index (κ1) is 9.75. The number of piperidine rings is 1. The zero-order valence-corrected chi connectivity index (χ0v) is 16.9. The van der Waals surface area contributed by atoms with E-state index in [4.69, 9.17) is 29.4 Å². The smallest absolute Gasteiger partial charge is 0.255 e. The Labute approximate surface area is 221 Å². The van der Waals surface area contributed by atoms with Crippen LogP contribution in [-0.4, -0.2) is 59.7 Å². The molecule has 0 aliphatic carbocycles. The molecule has 2 aromatic carbocycles. The molecule has 3 heterocycles. The molecule has 3 aliphatic heterocycles. The molecule has 3 amide bonds. The molecule has 1 N–H and O–H groups in total. The highest BCUT2D eigenvalue weighted by atomic mass is 19.1. The summed E-state index contributed by atoms with van der Waals surface area (Å²) in [5, 5.41) is 1.57. The molecule has 0 spiro atoms. The van der Waals surface area contributed by atoms with Crippen LogP contribution in [0.1, 0.15) is 64.5 Å². The maximum atomic E-state index is 15.7. The van der Waals surface area contributed by atoms with Gasteiger partial charge >= 0.3 is 0 Å². The lowest BCUT2D eigenvalue weighted by Gasteiger charge is -2.29. The third-order valence-corrected chi connectivity index (χ3v) is 4.67. The van der Waals surface area contributed by atoms with Crippen molar-refractivity contribution < 1.29 is 52.9 Å². The van der Waals surface area contributed by atoms with Crippen molar-refractivity contribution in [3.05, 3.63) is 64.5 Å². The van der Waals surface area contributed by atoms with Gasteiger partial charge in [0.05, 0.1) is 30.6 Å². The highest BCUT2D eigenvalue weighted by Crippen LogP contribution is 2.34. The minimum atomic E-state index is -3.73. The predicted molar refractivity (Wildman–Crippen MR) is 119 cm³/mol. The first-order valence-corrected chi connectivity index (χ1v) is 9.55. The van der Waals surface area contributed by atoms with Crippen LogP contribution in [0.15, 0.2) is 36.4 Å². The first-order chi connectivity index (χ1) is 23.2. The van der Waals surface area contributed by atoms with Crippen LogP contribution in [0.5, 0.6) is 5.75 Å². The number of benzene rings is 2. The SMILES string of the molecule is [2H]C([2H])(Oc1cccc2c1C([2H])([2H])N([C@@H]1C(=O)NC(=O)C([2H])([2H])C1([2H])[2H])C2=O)c1ccc(C([2H])([2H])N2C([2H])([2H])C([2H])([2H])OC([2H])([2H])C2([2H])[2H])cc1F. The Morgan fingerprint density at radius 3 is 2.82 bits per heavy atom.